The average Bonchev–Trinajstić information content (AvgIpc) is 1.93. The predicted octanol–water partition coefficient (Wildman–Crippen LogP) is 1.80. The number of aliphatic imine (C=N–C) groups is 1. The van der Waals surface area contributed by atoms with Gasteiger partial charge in [-0.25, -0.2) is 0 Å². The first-order chi connectivity index (χ1) is 4.31. The summed E-state index contributed by atoms with van der Waals surface area (Å²) < 4.78 is 0. The number of nitrogens with zero attached hydrogens (tertiary/aromatic N) is 1. The fourth-order valence-electron chi connectivity index (χ4n) is 0.315. The van der Waals surface area contributed by atoms with Crippen LogP contribution in [0.1, 0.15) is 34.1 Å². The maximum Gasteiger partial charge on any atom is 0.0934 e. The second kappa shape index (κ2) is 10.5. The van der Waals surface area contributed by atoms with Crippen LogP contribution in [0.5, 0.6) is 0 Å². The SMILES string of the molecule is CC.CCN=C(N)CC. The van der Waals surface area contributed by atoms with E-state index in [1.165, 1.54) is 0 Å². The van der Waals surface area contributed by atoms with E-state index in [9.17, 15) is 0 Å². The van der Waals surface area contributed by atoms with Gasteiger partial charge in [-0.15, -0.1) is 0 Å². The van der Waals surface area contributed by atoms with Crippen molar-refractivity contribution in [3.05, 3.63) is 0 Å². The van der Waals surface area contributed by atoms with Gasteiger partial charge in [0.1, 0.15) is 0 Å². The molecule has 0 rings (SSSR count). The van der Waals surface area contributed by atoms with Crippen molar-refractivity contribution in [2.45, 2.75) is 34.1 Å². The van der Waals surface area contributed by atoms with E-state index in [0.717, 1.165) is 18.8 Å². The van der Waals surface area contributed by atoms with Crippen LogP contribution in [0.15, 0.2) is 4.99 Å². The lowest BCUT2D eigenvalue weighted by molar-refractivity contribution is 1.09. The molecule has 0 unspecified atom stereocenters. The summed E-state index contributed by atoms with van der Waals surface area (Å²) in [6, 6.07) is 0. The van der Waals surface area contributed by atoms with Gasteiger partial charge in [0.15, 0.2) is 0 Å². The molecule has 2 N–H and O–H groups in total. The van der Waals surface area contributed by atoms with Crippen LogP contribution in [-0.2, 0) is 0 Å². The fraction of sp³-hybridized carbons (Fsp3) is 0.857. The molecule has 0 atom stereocenters. The predicted molar refractivity (Wildman–Crippen MR) is 43.8 cm³/mol. The first-order valence-electron chi connectivity index (χ1n) is 3.60. The monoisotopic (exact) mass is 130 g/mol. The third-order valence-corrected chi connectivity index (χ3v) is 0.723. The lowest BCUT2D eigenvalue weighted by Gasteiger charge is -1.88. The third-order valence-electron chi connectivity index (χ3n) is 0.723. The molecule has 0 bridgehead atoms. The molecule has 0 heterocycles. The molecular formula is C7H18N2. The first-order valence-corrected chi connectivity index (χ1v) is 3.60. The van der Waals surface area contributed by atoms with Gasteiger partial charge in [0, 0.05) is 13.0 Å². The Morgan fingerprint density at radius 1 is 1.33 bits per heavy atom. The molecule has 0 aromatic carbocycles. The summed E-state index contributed by atoms with van der Waals surface area (Å²) in [5.41, 5.74) is 5.33. The van der Waals surface area contributed by atoms with E-state index < -0.39 is 0 Å². The molecule has 0 aromatic rings. The van der Waals surface area contributed by atoms with Crippen LogP contribution < -0.4 is 5.73 Å². The average molecular weight is 130 g/mol. The van der Waals surface area contributed by atoms with Gasteiger partial charge < -0.3 is 5.73 Å². The Balaban J connectivity index is 0. The summed E-state index contributed by atoms with van der Waals surface area (Å²) in [5, 5.41) is 0. The Labute approximate surface area is 58.2 Å². The normalized spacial score (nSPS) is 10.0. The van der Waals surface area contributed by atoms with Gasteiger partial charge in [0.25, 0.3) is 0 Å². The second-order valence-electron chi connectivity index (χ2n) is 1.32. The molecule has 0 fully saturated rings. The molecule has 56 valence electrons. The summed E-state index contributed by atoms with van der Waals surface area (Å²) in [4.78, 5) is 3.94. The Bertz CT molecular complexity index is 67.3. The van der Waals surface area contributed by atoms with Crippen molar-refractivity contribution in [3.8, 4) is 0 Å². The molecule has 0 saturated heterocycles. The number of hydrogen-bond acceptors (Lipinski definition) is 1. The summed E-state index contributed by atoms with van der Waals surface area (Å²) in [5.74, 6) is 0.752. The summed E-state index contributed by atoms with van der Waals surface area (Å²) in [6.07, 6.45) is 0.869. The highest BCUT2D eigenvalue weighted by atomic mass is 14.8. The van der Waals surface area contributed by atoms with Crippen molar-refractivity contribution in [2.24, 2.45) is 10.7 Å². The minimum atomic E-state index is 0.752. The van der Waals surface area contributed by atoms with Gasteiger partial charge in [0.05, 0.1) is 5.84 Å². The third kappa shape index (κ3) is 11.2. The van der Waals surface area contributed by atoms with Crippen molar-refractivity contribution in [2.75, 3.05) is 6.54 Å². The van der Waals surface area contributed by atoms with Crippen LogP contribution in [0, 0.1) is 0 Å². The zero-order valence-corrected chi connectivity index (χ0v) is 6.94. The van der Waals surface area contributed by atoms with Crippen LogP contribution in [0.2, 0.25) is 0 Å². The highest BCUT2D eigenvalue weighted by Crippen LogP contribution is 1.74. The molecule has 2 heteroatoms. The van der Waals surface area contributed by atoms with E-state index >= 15 is 0 Å². The van der Waals surface area contributed by atoms with Gasteiger partial charge in [-0.3, -0.25) is 4.99 Å². The lowest BCUT2D eigenvalue weighted by Crippen LogP contribution is -2.09. The van der Waals surface area contributed by atoms with Crippen molar-refractivity contribution in [1.82, 2.24) is 0 Å². The number of amidine groups is 1. The van der Waals surface area contributed by atoms with Crippen molar-refractivity contribution in [1.29, 1.82) is 0 Å². The van der Waals surface area contributed by atoms with E-state index in [2.05, 4.69) is 4.99 Å². The van der Waals surface area contributed by atoms with Crippen LogP contribution in [0.4, 0.5) is 0 Å². The maximum absolute atomic E-state index is 5.33. The lowest BCUT2D eigenvalue weighted by atomic mass is 10.4. The Kier molecular flexibility index (Phi) is 13.1. The summed E-state index contributed by atoms with van der Waals surface area (Å²) >= 11 is 0. The molecule has 0 aliphatic heterocycles. The molecule has 2 nitrogen and oxygen atoms in total. The number of hydrogen-bond donors (Lipinski definition) is 1. The van der Waals surface area contributed by atoms with Gasteiger partial charge >= 0.3 is 0 Å². The topological polar surface area (TPSA) is 38.4 Å². The minimum absolute atomic E-state index is 0.752. The first kappa shape index (κ1) is 11.3. The Hall–Kier alpha value is -0.530. The van der Waals surface area contributed by atoms with Crippen LogP contribution in [0.25, 0.3) is 0 Å². The molecule has 0 radical (unpaired) electrons. The van der Waals surface area contributed by atoms with E-state index in [1.54, 1.807) is 0 Å². The van der Waals surface area contributed by atoms with Gasteiger partial charge in [-0.2, -0.15) is 0 Å². The van der Waals surface area contributed by atoms with Crippen molar-refractivity contribution < 1.29 is 0 Å². The summed E-state index contributed by atoms with van der Waals surface area (Å²) in [6.45, 7) is 8.77. The molecule has 0 amide bonds. The van der Waals surface area contributed by atoms with E-state index in [4.69, 9.17) is 5.73 Å². The standard InChI is InChI=1S/C5H12N2.C2H6/c1-3-5(6)7-4-2;1-2/h3-4H2,1-2H3,(H2,6,7);1-2H3. The zero-order chi connectivity index (χ0) is 7.70. The fourth-order valence-corrected chi connectivity index (χ4v) is 0.315. The Morgan fingerprint density at radius 3 is 1.89 bits per heavy atom. The zero-order valence-electron chi connectivity index (χ0n) is 6.94. The molecule has 0 saturated carbocycles. The minimum Gasteiger partial charge on any atom is -0.387 e. The Morgan fingerprint density at radius 2 is 1.78 bits per heavy atom. The largest absolute Gasteiger partial charge is 0.387 e. The van der Waals surface area contributed by atoms with E-state index in [1.807, 2.05) is 27.7 Å². The van der Waals surface area contributed by atoms with Crippen LogP contribution in [0.3, 0.4) is 0 Å². The maximum atomic E-state index is 5.33. The van der Waals surface area contributed by atoms with Crippen LogP contribution >= 0.6 is 0 Å². The van der Waals surface area contributed by atoms with E-state index in [-0.39, 0.29) is 0 Å². The number of rotatable bonds is 2. The molecule has 0 aliphatic carbocycles. The summed E-state index contributed by atoms with van der Waals surface area (Å²) in [7, 11) is 0. The van der Waals surface area contributed by atoms with Gasteiger partial charge in [0.2, 0.25) is 0 Å². The molecular weight excluding hydrogens is 112 g/mol. The van der Waals surface area contributed by atoms with Gasteiger partial charge in [-0.1, -0.05) is 20.8 Å². The molecule has 0 spiro atoms. The van der Waals surface area contributed by atoms with Crippen molar-refractivity contribution in [3.63, 3.8) is 0 Å². The molecule has 0 aromatic heterocycles. The number of nitrogens with two attached hydrogens (primary N) is 1. The highest BCUT2D eigenvalue weighted by molar-refractivity contribution is 5.79. The molecule has 0 aliphatic rings. The van der Waals surface area contributed by atoms with E-state index in [0.29, 0.717) is 0 Å². The smallest absolute Gasteiger partial charge is 0.0934 e. The quantitative estimate of drug-likeness (QED) is 0.449. The second-order valence-corrected chi connectivity index (χ2v) is 1.32. The van der Waals surface area contributed by atoms with Crippen LogP contribution in [-0.4, -0.2) is 12.4 Å². The highest BCUT2D eigenvalue weighted by Gasteiger charge is 1.78. The van der Waals surface area contributed by atoms with Gasteiger partial charge in [-0.05, 0) is 6.92 Å². The molecule has 9 heavy (non-hydrogen) atoms. The van der Waals surface area contributed by atoms with Crippen molar-refractivity contribution >= 4 is 5.84 Å².